The average Bonchev–Trinajstić information content (AvgIpc) is 3.35. The van der Waals surface area contributed by atoms with Gasteiger partial charge in [0.1, 0.15) is 12.4 Å². The van der Waals surface area contributed by atoms with E-state index in [1.807, 2.05) is 60.4 Å². The molecule has 1 aliphatic carbocycles. The zero-order valence-electron chi connectivity index (χ0n) is 24.5. The van der Waals surface area contributed by atoms with Crippen LogP contribution in [0, 0.1) is 6.92 Å². The molecule has 1 aliphatic heterocycles. The van der Waals surface area contributed by atoms with Crippen molar-refractivity contribution in [2.75, 3.05) is 13.7 Å². The Hall–Kier alpha value is -4.84. The molecule has 43 heavy (non-hydrogen) atoms. The molecule has 2 atom stereocenters. The van der Waals surface area contributed by atoms with E-state index in [4.69, 9.17) is 9.47 Å². The molecule has 4 aromatic carbocycles. The number of carbonyl (C=O) groups is 2. The number of rotatable bonds is 7. The number of aryl methyl sites for hydroxylation is 1. The van der Waals surface area contributed by atoms with E-state index < -0.39 is 6.09 Å². The Morgan fingerprint density at radius 1 is 0.884 bits per heavy atom. The SMILES string of the molecule is COc1ccc([C@H]2/C=C\C[C@H](NC(=O)OCC3c4ccccc4-c4ccccc43)CC(=O)N2Cc2ccc(C)cc2)cc1. The minimum Gasteiger partial charge on any atom is -0.497 e. The van der Waals surface area contributed by atoms with Crippen LogP contribution in [0.2, 0.25) is 0 Å². The molecule has 0 bridgehead atoms. The van der Waals surface area contributed by atoms with E-state index in [-0.39, 0.29) is 36.9 Å². The van der Waals surface area contributed by atoms with Gasteiger partial charge in [0.15, 0.2) is 0 Å². The van der Waals surface area contributed by atoms with Crippen molar-refractivity contribution in [3.05, 3.63) is 137 Å². The Balaban J connectivity index is 1.16. The fourth-order valence-electron chi connectivity index (χ4n) is 6.13. The number of nitrogens with zero attached hydrogens (tertiary/aromatic N) is 1. The summed E-state index contributed by atoms with van der Waals surface area (Å²) in [6.45, 7) is 2.74. The Morgan fingerprint density at radius 3 is 2.19 bits per heavy atom. The maximum Gasteiger partial charge on any atom is 0.407 e. The van der Waals surface area contributed by atoms with Crippen LogP contribution < -0.4 is 10.1 Å². The van der Waals surface area contributed by atoms with Gasteiger partial charge in [0.2, 0.25) is 5.91 Å². The zero-order valence-corrected chi connectivity index (χ0v) is 24.5. The fourth-order valence-corrected chi connectivity index (χ4v) is 6.13. The highest BCUT2D eigenvalue weighted by Gasteiger charge is 2.31. The molecule has 4 aromatic rings. The summed E-state index contributed by atoms with van der Waals surface area (Å²) < 4.78 is 11.1. The van der Waals surface area contributed by atoms with Crippen molar-refractivity contribution < 1.29 is 19.1 Å². The molecule has 0 saturated carbocycles. The van der Waals surface area contributed by atoms with Crippen molar-refractivity contribution in [3.8, 4) is 16.9 Å². The Morgan fingerprint density at radius 2 is 1.53 bits per heavy atom. The first kappa shape index (κ1) is 28.3. The molecule has 0 radical (unpaired) electrons. The second-order valence-electron chi connectivity index (χ2n) is 11.3. The number of benzene rings is 4. The third-order valence-corrected chi connectivity index (χ3v) is 8.41. The van der Waals surface area contributed by atoms with Crippen LogP contribution in [0.3, 0.4) is 0 Å². The third kappa shape index (κ3) is 6.19. The first-order valence-corrected chi connectivity index (χ1v) is 14.8. The molecule has 6 nitrogen and oxygen atoms in total. The van der Waals surface area contributed by atoms with Crippen molar-refractivity contribution in [2.24, 2.45) is 0 Å². The molecule has 0 spiro atoms. The number of methoxy groups -OCH3 is 1. The Kier molecular flexibility index (Phi) is 8.27. The maximum atomic E-state index is 13.9. The predicted molar refractivity (Wildman–Crippen MR) is 168 cm³/mol. The van der Waals surface area contributed by atoms with Crippen molar-refractivity contribution in [3.63, 3.8) is 0 Å². The molecule has 0 unspecified atom stereocenters. The largest absolute Gasteiger partial charge is 0.497 e. The summed E-state index contributed by atoms with van der Waals surface area (Å²) in [5.74, 6) is 0.712. The molecule has 2 aliphatic rings. The summed E-state index contributed by atoms with van der Waals surface area (Å²) in [4.78, 5) is 28.8. The second-order valence-corrected chi connectivity index (χ2v) is 11.3. The smallest absolute Gasteiger partial charge is 0.407 e. The van der Waals surface area contributed by atoms with E-state index in [0.717, 1.165) is 28.0 Å². The molecule has 2 amide bonds. The van der Waals surface area contributed by atoms with Crippen molar-refractivity contribution in [1.82, 2.24) is 10.2 Å². The van der Waals surface area contributed by atoms with Crippen molar-refractivity contribution in [1.29, 1.82) is 0 Å². The van der Waals surface area contributed by atoms with Crippen LogP contribution in [0.5, 0.6) is 5.75 Å². The van der Waals surface area contributed by atoms with Crippen LogP contribution >= 0.6 is 0 Å². The lowest BCUT2D eigenvalue weighted by Crippen LogP contribution is -2.43. The number of hydrogen-bond donors (Lipinski definition) is 1. The van der Waals surface area contributed by atoms with Crippen LogP contribution in [0.1, 0.15) is 52.6 Å². The number of nitrogens with one attached hydrogen (secondary N) is 1. The van der Waals surface area contributed by atoms with Gasteiger partial charge in [0, 0.05) is 24.9 Å². The summed E-state index contributed by atoms with van der Waals surface area (Å²) in [5, 5.41) is 2.97. The molecule has 6 heteroatoms. The summed E-state index contributed by atoms with van der Waals surface area (Å²) in [5.41, 5.74) is 7.91. The minimum absolute atomic E-state index is 0.0210. The van der Waals surface area contributed by atoms with E-state index >= 15 is 0 Å². The molecule has 0 fully saturated rings. The summed E-state index contributed by atoms with van der Waals surface area (Å²) in [7, 11) is 1.64. The van der Waals surface area contributed by atoms with E-state index in [2.05, 4.69) is 66.0 Å². The summed E-state index contributed by atoms with van der Waals surface area (Å²) in [6.07, 6.45) is 4.30. The van der Waals surface area contributed by atoms with Gasteiger partial charge in [0.25, 0.3) is 0 Å². The van der Waals surface area contributed by atoms with Crippen LogP contribution in [0.15, 0.2) is 109 Å². The minimum atomic E-state index is -0.509. The molecule has 6 rings (SSSR count). The number of hydrogen-bond acceptors (Lipinski definition) is 4. The van der Waals surface area contributed by atoms with E-state index in [9.17, 15) is 9.59 Å². The molecule has 1 heterocycles. The fraction of sp³-hybridized carbons (Fsp3) is 0.243. The number of ether oxygens (including phenoxy) is 2. The maximum absolute atomic E-state index is 13.9. The van der Waals surface area contributed by atoms with Gasteiger partial charge in [-0.15, -0.1) is 0 Å². The lowest BCUT2D eigenvalue weighted by atomic mass is 9.97. The highest BCUT2D eigenvalue weighted by Crippen LogP contribution is 2.44. The number of carbonyl (C=O) groups excluding carboxylic acids is 2. The van der Waals surface area contributed by atoms with E-state index in [1.165, 1.54) is 16.7 Å². The number of amides is 2. The van der Waals surface area contributed by atoms with Gasteiger partial charge in [-0.25, -0.2) is 4.79 Å². The molecule has 1 N–H and O–H groups in total. The first-order valence-electron chi connectivity index (χ1n) is 14.8. The Bertz CT molecular complexity index is 1580. The molecule has 0 aromatic heterocycles. The third-order valence-electron chi connectivity index (χ3n) is 8.41. The van der Waals surface area contributed by atoms with Gasteiger partial charge < -0.3 is 19.7 Å². The lowest BCUT2D eigenvalue weighted by molar-refractivity contribution is -0.134. The van der Waals surface area contributed by atoms with E-state index in [0.29, 0.717) is 13.0 Å². The highest BCUT2D eigenvalue weighted by molar-refractivity contribution is 5.80. The van der Waals surface area contributed by atoms with Gasteiger partial charge in [-0.3, -0.25) is 4.79 Å². The average molecular weight is 573 g/mol. The topological polar surface area (TPSA) is 67.9 Å². The molecule has 0 saturated heterocycles. The van der Waals surface area contributed by atoms with Crippen molar-refractivity contribution >= 4 is 12.0 Å². The van der Waals surface area contributed by atoms with Gasteiger partial charge in [-0.05, 0) is 58.9 Å². The van der Waals surface area contributed by atoms with Gasteiger partial charge in [-0.2, -0.15) is 0 Å². The van der Waals surface area contributed by atoms with Crippen LogP contribution in [0.4, 0.5) is 4.79 Å². The molecular weight excluding hydrogens is 536 g/mol. The quantitative estimate of drug-likeness (QED) is 0.236. The van der Waals surface area contributed by atoms with Gasteiger partial charge in [0.05, 0.1) is 13.2 Å². The first-order chi connectivity index (χ1) is 21.0. The van der Waals surface area contributed by atoms with Crippen LogP contribution in [-0.4, -0.2) is 36.7 Å². The van der Waals surface area contributed by atoms with Gasteiger partial charge >= 0.3 is 6.09 Å². The van der Waals surface area contributed by atoms with Crippen LogP contribution in [0.25, 0.3) is 11.1 Å². The summed E-state index contributed by atoms with van der Waals surface area (Å²) >= 11 is 0. The van der Waals surface area contributed by atoms with Crippen LogP contribution in [-0.2, 0) is 16.1 Å². The Labute approximate surface area is 253 Å². The van der Waals surface area contributed by atoms with E-state index in [1.54, 1.807) is 7.11 Å². The van der Waals surface area contributed by atoms with Gasteiger partial charge in [-0.1, -0.05) is 103 Å². The second kappa shape index (κ2) is 12.6. The standard InChI is InChI=1S/C37H36N2O4/c1-25-14-16-26(17-15-25)23-39-35(27-18-20-29(42-2)21-19-27)13-7-8-28(22-36(39)40)38-37(41)43-24-34-32-11-5-3-9-30(32)31-10-4-6-12-33(31)34/h3-7,9-21,28,34-35H,8,22-24H2,1-2H3,(H,38,41)/b13-7-/t28-,35+/m0/s1. The zero-order chi connectivity index (χ0) is 29.8. The monoisotopic (exact) mass is 572 g/mol. The predicted octanol–water partition coefficient (Wildman–Crippen LogP) is 7.33. The number of fused-ring (bicyclic) bond motifs is 3. The normalized spacial score (nSPS) is 18.7. The molecule has 218 valence electrons. The summed E-state index contributed by atoms with van der Waals surface area (Å²) in [6, 6.07) is 32.0. The van der Waals surface area contributed by atoms with Crippen molar-refractivity contribution in [2.45, 2.75) is 44.3 Å². The lowest BCUT2D eigenvalue weighted by Gasteiger charge is -2.33. The highest BCUT2D eigenvalue weighted by atomic mass is 16.5. The molecular formula is C37H36N2O4. The number of alkyl carbamates (subject to hydrolysis) is 1.